The number of phenolic OH excluding ortho intramolecular Hbond substituents is 1. The van der Waals surface area contributed by atoms with Crippen LogP contribution in [0.4, 0.5) is 0 Å². The van der Waals surface area contributed by atoms with E-state index in [0.29, 0.717) is 29.7 Å². The molecule has 0 spiro atoms. The van der Waals surface area contributed by atoms with Crippen molar-refractivity contribution < 1.29 is 29.6 Å². The predicted molar refractivity (Wildman–Crippen MR) is 186 cm³/mol. The molecular weight excluding hydrogens is 556 g/mol. The van der Waals surface area contributed by atoms with Gasteiger partial charge in [-0.3, -0.25) is 9.59 Å². The van der Waals surface area contributed by atoms with Crippen LogP contribution in [0.2, 0.25) is 0 Å². The van der Waals surface area contributed by atoms with Gasteiger partial charge in [-0.2, -0.15) is 0 Å². The van der Waals surface area contributed by atoms with Crippen molar-refractivity contribution in [1.82, 2.24) is 6.15 Å². The number of carbonyl (C=O) groups excluding carboxylic acids is 2. The van der Waals surface area contributed by atoms with Crippen LogP contribution < -0.4 is 16.6 Å². The Hall–Kier alpha value is -3.46. The number of ether oxygens (including phenoxy) is 1. The van der Waals surface area contributed by atoms with Crippen molar-refractivity contribution in [3.8, 4) is 17.2 Å². The average molecular weight is 617 g/mol. The van der Waals surface area contributed by atoms with Crippen LogP contribution in [0.3, 0.4) is 0 Å². The second-order valence-corrected chi connectivity index (χ2v) is 9.41. The summed E-state index contributed by atoms with van der Waals surface area (Å²) in [6, 6.07) is 7.72. The maximum atomic E-state index is 12.2. The number of hydrogen-bond donors (Lipinski definition) is 5. The summed E-state index contributed by atoms with van der Waals surface area (Å²) >= 11 is 0. The molecule has 4 rings (SSSR count). The van der Waals surface area contributed by atoms with Gasteiger partial charge < -0.3 is 31.9 Å². The van der Waals surface area contributed by atoms with Crippen molar-refractivity contribution in [2.45, 2.75) is 106 Å². The molecule has 0 radical (unpaired) electrons. The van der Waals surface area contributed by atoms with E-state index in [1.165, 1.54) is 82.8 Å². The van der Waals surface area contributed by atoms with Gasteiger partial charge in [0, 0.05) is 5.56 Å². The largest absolute Gasteiger partial charge is 0.508 e. The SMILES string of the molecule is C.C1CCC1.C1CCC1.CC.CC.COc1cc(/C=C/C(=O)CC(=O)/C=C/c2ccc(O)c(CO)c2)c(CCN)cc1O.N. The molecule has 250 valence electrons. The fourth-order valence-electron chi connectivity index (χ4n) is 3.32. The Morgan fingerprint density at radius 3 is 1.73 bits per heavy atom. The standard InChI is InChI=1S/C23H25NO6.2C4H8.2C2H6.CH4.H3N/c1-30-23-12-16(17(8-9-24)11-22(23)29)4-6-20(27)13-19(26)5-2-15-3-7-21(28)18(10-15)14-25;2*1-2-4-3-1;2*1-2;;/h2-7,10-12,25,28-29H,8-9,13-14,24H2,1H3;2*1-4H2;2*1-2H3;1H4;1H3/b5-2+,6-4+;;;;;;. The van der Waals surface area contributed by atoms with Crippen LogP contribution >= 0.6 is 0 Å². The third kappa shape index (κ3) is 18.3. The number of methoxy groups -OCH3 is 1. The van der Waals surface area contributed by atoms with E-state index in [1.807, 2.05) is 27.7 Å². The number of carbonyl (C=O) groups is 2. The van der Waals surface area contributed by atoms with Gasteiger partial charge in [-0.15, -0.1) is 0 Å². The Morgan fingerprint density at radius 2 is 1.30 bits per heavy atom. The number of aliphatic hydroxyl groups is 1. The van der Waals surface area contributed by atoms with Crippen molar-refractivity contribution in [1.29, 1.82) is 0 Å². The van der Waals surface area contributed by atoms with Crippen LogP contribution in [-0.4, -0.2) is 40.5 Å². The molecule has 2 aliphatic carbocycles. The van der Waals surface area contributed by atoms with Crippen LogP contribution in [0.15, 0.2) is 42.5 Å². The minimum atomic E-state index is -0.381. The normalized spacial score (nSPS) is 12.3. The first-order valence-electron chi connectivity index (χ1n) is 15.3. The smallest absolute Gasteiger partial charge is 0.163 e. The van der Waals surface area contributed by atoms with Gasteiger partial charge in [-0.1, -0.05) is 105 Å². The summed E-state index contributed by atoms with van der Waals surface area (Å²) in [6.07, 6.45) is 17.9. The summed E-state index contributed by atoms with van der Waals surface area (Å²) in [4.78, 5) is 24.2. The van der Waals surface area contributed by atoms with Crippen molar-refractivity contribution in [2.24, 2.45) is 5.73 Å². The quantitative estimate of drug-likeness (QED) is 0.131. The average Bonchev–Trinajstić information content (AvgIpc) is 2.92. The molecule has 2 aliphatic rings. The topological polar surface area (TPSA) is 165 Å². The first kappa shape index (κ1) is 45.0. The highest BCUT2D eigenvalue weighted by atomic mass is 16.5. The molecule has 0 saturated heterocycles. The molecule has 0 bridgehead atoms. The van der Waals surface area contributed by atoms with Gasteiger partial charge in [0.25, 0.3) is 0 Å². The van der Waals surface area contributed by atoms with Gasteiger partial charge in [0.1, 0.15) is 5.75 Å². The number of aromatic hydroxyl groups is 2. The lowest BCUT2D eigenvalue weighted by molar-refractivity contribution is -0.121. The minimum Gasteiger partial charge on any atom is -0.508 e. The monoisotopic (exact) mass is 616 g/mol. The molecule has 2 aromatic carbocycles. The number of nitrogens with two attached hydrogens (primary N) is 1. The fraction of sp³-hybridized carbons (Fsp3) is 0.500. The van der Waals surface area contributed by atoms with Crippen LogP contribution in [0.5, 0.6) is 17.2 Å². The molecule has 2 aromatic rings. The number of rotatable bonds is 10. The van der Waals surface area contributed by atoms with Gasteiger partial charge in [-0.25, -0.2) is 0 Å². The van der Waals surface area contributed by atoms with E-state index in [0.717, 1.165) is 5.56 Å². The van der Waals surface area contributed by atoms with E-state index >= 15 is 0 Å². The van der Waals surface area contributed by atoms with E-state index in [4.69, 9.17) is 15.6 Å². The number of aliphatic hydroxyl groups excluding tert-OH is 1. The number of ketones is 2. The summed E-state index contributed by atoms with van der Waals surface area (Å²) in [5.41, 5.74) is 8.00. The second kappa shape index (κ2) is 28.3. The van der Waals surface area contributed by atoms with Crippen LogP contribution in [0.25, 0.3) is 12.2 Å². The Kier molecular flexibility index (Phi) is 28.9. The lowest BCUT2D eigenvalue weighted by atomic mass is 10.0. The van der Waals surface area contributed by atoms with Gasteiger partial charge in [-0.05, 0) is 66.1 Å². The first-order chi connectivity index (χ1) is 20.4. The van der Waals surface area contributed by atoms with Crippen LogP contribution in [0.1, 0.15) is 115 Å². The first-order valence-corrected chi connectivity index (χ1v) is 15.3. The lowest BCUT2D eigenvalue weighted by Gasteiger charge is -2.10. The van der Waals surface area contributed by atoms with Crippen molar-refractivity contribution in [3.63, 3.8) is 0 Å². The summed E-state index contributed by atoms with van der Waals surface area (Å²) in [5.74, 6) is -0.520. The zero-order valence-electron chi connectivity index (χ0n) is 27.0. The minimum absolute atomic E-state index is 0. The van der Waals surface area contributed by atoms with E-state index < -0.39 is 0 Å². The Balaban J connectivity index is -0.00000101. The summed E-state index contributed by atoms with van der Waals surface area (Å²) in [5, 5.41) is 28.6. The molecule has 0 aromatic heterocycles. The molecule has 0 atom stereocenters. The van der Waals surface area contributed by atoms with Crippen LogP contribution in [0, 0.1) is 0 Å². The zero-order valence-corrected chi connectivity index (χ0v) is 27.0. The maximum absolute atomic E-state index is 12.2. The summed E-state index contributed by atoms with van der Waals surface area (Å²) < 4.78 is 5.09. The van der Waals surface area contributed by atoms with Gasteiger partial charge in [0.2, 0.25) is 0 Å². The van der Waals surface area contributed by atoms with Crippen LogP contribution in [-0.2, 0) is 22.6 Å². The summed E-state index contributed by atoms with van der Waals surface area (Å²) in [7, 11) is 1.43. The number of phenols is 2. The van der Waals surface area contributed by atoms with Gasteiger partial charge in [0.15, 0.2) is 23.1 Å². The van der Waals surface area contributed by atoms with Crippen molar-refractivity contribution >= 4 is 23.7 Å². The van der Waals surface area contributed by atoms with E-state index in [-0.39, 0.29) is 55.4 Å². The number of hydrogen-bond acceptors (Lipinski definition) is 8. The highest BCUT2D eigenvalue weighted by Gasteiger charge is 2.09. The molecular formula is C36H60N2O6. The molecule has 2 fully saturated rings. The van der Waals surface area contributed by atoms with Crippen molar-refractivity contribution in [3.05, 3.63) is 64.7 Å². The highest BCUT2D eigenvalue weighted by Crippen LogP contribution is 2.30. The highest BCUT2D eigenvalue weighted by molar-refractivity contribution is 6.10. The molecule has 0 aliphatic heterocycles. The Morgan fingerprint density at radius 1 is 0.795 bits per heavy atom. The van der Waals surface area contributed by atoms with E-state index in [9.17, 15) is 19.8 Å². The Bertz CT molecular complexity index is 1090. The lowest BCUT2D eigenvalue weighted by Crippen LogP contribution is -2.05. The maximum Gasteiger partial charge on any atom is 0.163 e. The third-order valence-electron chi connectivity index (χ3n) is 6.39. The molecule has 2 saturated carbocycles. The van der Waals surface area contributed by atoms with Crippen molar-refractivity contribution in [2.75, 3.05) is 13.7 Å². The molecule has 8 heteroatoms. The molecule has 0 amide bonds. The van der Waals surface area contributed by atoms with Gasteiger partial charge in [0.05, 0.1) is 20.1 Å². The summed E-state index contributed by atoms with van der Waals surface area (Å²) in [6.45, 7) is 8.05. The molecule has 8 nitrogen and oxygen atoms in total. The van der Waals surface area contributed by atoms with E-state index in [2.05, 4.69) is 0 Å². The number of allylic oxidation sites excluding steroid dienone is 2. The predicted octanol–water partition coefficient (Wildman–Crippen LogP) is 8.33. The zero-order chi connectivity index (χ0) is 31.8. The molecule has 0 unspecified atom stereocenters. The van der Waals surface area contributed by atoms with E-state index in [1.54, 1.807) is 30.3 Å². The Labute approximate surface area is 266 Å². The molecule has 0 heterocycles. The molecule has 8 N–H and O–H groups in total. The van der Waals surface area contributed by atoms with Gasteiger partial charge >= 0.3 is 0 Å². The fourth-order valence-corrected chi connectivity index (χ4v) is 3.32. The second-order valence-electron chi connectivity index (χ2n) is 9.41. The number of benzene rings is 2. The molecule has 44 heavy (non-hydrogen) atoms. The third-order valence-corrected chi connectivity index (χ3v) is 6.39.